The van der Waals surface area contributed by atoms with Gasteiger partial charge in [0.1, 0.15) is 5.75 Å². The summed E-state index contributed by atoms with van der Waals surface area (Å²) in [5.41, 5.74) is 6.30. The number of phenols is 1. The van der Waals surface area contributed by atoms with Crippen LogP contribution < -0.4 is 5.73 Å². The Morgan fingerprint density at radius 3 is 2.78 bits per heavy atom. The molecule has 1 aliphatic heterocycles. The van der Waals surface area contributed by atoms with E-state index in [1.54, 1.807) is 12.1 Å². The van der Waals surface area contributed by atoms with Crippen LogP contribution in [0.3, 0.4) is 0 Å². The average Bonchev–Trinajstić information content (AvgIpc) is 2.35. The number of rotatable bonds is 1. The number of likely N-dealkylation sites (N-methyl/N-ethyl adjacent to an activating group) is 1. The predicted molar refractivity (Wildman–Crippen MR) is 70.5 cm³/mol. The number of anilines is 1. The van der Waals surface area contributed by atoms with Gasteiger partial charge in [-0.25, -0.2) is 0 Å². The summed E-state index contributed by atoms with van der Waals surface area (Å²) in [4.78, 5) is 16.3. The molecule has 1 aromatic carbocycles. The van der Waals surface area contributed by atoms with Crippen molar-refractivity contribution < 1.29 is 9.90 Å². The fourth-order valence-electron chi connectivity index (χ4n) is 2.09. The van der Waals surface area contributed by atoms with Crippen LogP contribution >= 0.6 is 0 Å². The largest absolute Gasteiger partial charge is 0.506 e. The van der Waals surface area contributed by atoms with E-state index >= 15 is 0 Å². The van der Waals surface area contributed by atoms with Crippen LogP contribution in [0, 0.1) is 0 Å². The molecule has 98 valence electrons. The number of hydrogen-bond acceptors (Lipinski definition) is 4. The molecule has 0 aliphatic carbocycles. The lowest BCUT2D eigenvalue weighted by molar-refractivity contribution is 0.0572. The van der Waals surface area contributed by atoms with Gasteiger partial charge in [0.05, 0.1) is 5.69 Å². The Labute approximate surface area is 107 Å². The number of carbonyl (C=O) groups excluding carboxylic acids is 1. The molecule has 1 atom stereocenters. The van der Waals surface area contributed by atoms with E-state index in [9.17, 15) is 9.90 Å². The summed E-state index contributed by atoms with van der Waals surface area (Å²) in [6, 6.07) is 4.99. The maximum atomic E-state index is 12.3. The van der Waals surface area contributed by atoms with E-state index in [4.69, 9.17) is 5.73 Å². The number of aromatic hydroxyl groups is 1. The van der Waals surface area contributed by atoms with Crippen molar-refractivity contribution in [2.45, 2.75) is 13.0 Å². The quantitative estimate of drug-likeness (QED) is 0.569. The highest BCUT2D eigenvalue weighted by Crippen LogP contribution is 2.22. The van der Waals surface area contributed by atoms with Crippen LogP contribution in [0.2, 0.25) is 0 Å². The van der Waals surface area contributed by atoms with Crippen molar-refractivity contribution in [1.29, 1.82) is 0 Å². The first-order valence-corrected chi connectivity index (χ1v) is 6.07. The number of benzene rings is 1. The molecule has 1 unspecified atom stereocenters. The first kappa shape index (κ1) is 12.7. The molecule has 1 aliphatic rings. The van der Waals surface area contributed by atoms with Gasteiger partial charge in [-0.15, -0.1) is 0 Å². The van der Waals surface area contributed by atoms with Crippen molar-refractivity contribution in [3.8, 4) is 5.75 Å². The Hall–Kier alpha value is -1.75. The van der Waals surface area contributed by atoms with Crippen LogP contribution in [0.5, 0.6) is 5.75 Å². The van der Waals surface area contributed by atoms with Crippen LogP contribution in [-0.2, 0) is 0 Å². The highest BCUT2D eigenvalue weighted by atomic mass is 16.3. The minimum absolute atomic E-state index is 0.0389. The lowest BCUT2D eigenvalue weighted by Crippen LogP contribution is -2.52. The molecule has 5 nitrogen and oxygen atoms in total. The third kappa shape index (κ3) is 2.41. The number of piperazine rings is 1. The molecular formula is C13H19N3O2. The fraction of sp³-hybridized carbons (Fsp3) is 0.462. The number of nitrogen functional groups attached to an aromatic ring is 1. The summed E-state index contributed by atoms with van der Waals surface area (Å²) in [7, 11) is 2.06. The van der Waals surface area contributed by atoms with Gasteiger partial charge in [-0.05, 0) is 32.2 Å². The molecule has 0 radical (unpaired) electrons. The van der Waals surface area contributed by atoms with Crippen LogP contribution in [-0.4, -0.2) is 53.5 Å². The van der Waals surface area contributed by atoms with Crippen LogP contribution in [0.25, 0.3) is 0 Å². The number of carbonyl (C=O) groups is 1. The minimum Gasteiger partial charge on any atom is -0.506 e. The van der Waals surface area contributed by atoms with Gasteiger partial charge >= 0.3 is 0 Å². The molecule has 2 rings (SSSR count). The molecule has 1 fully saturated rings. The van der Waals surface area contributed by atoms with Gasteiger partial charge in [0.2, 0.25) is 0 Å². The molecule has 1 aromatic rings. The number of amides is 1. The molecule has 18 heavy (non-hydrogen) atoms. The van der Waals surface area contributed by atoms with Crippen LogP contribution in [0.4, 0.5) is 5.69 Å². The van der Waals surface area contributed by atoms with Gasteiger partial charge in [-0.2, -0.15) is 0 Å². The second-order valence-corrected chi connectivity index (χ2v) is 4.85. The SMILES string of the molecule is CC1CN(C(=O)c2ccc(N)c(O)c2)CCN1C. The zero-order valence-corrected chi connectivity index (χ0v) is 10.8. The average molecular weight is 249 g/mol. The Balaban J connectivity index is 2.14. The second kappa shape index (κ2) is 4.86. The van der Waals surface area contributed by atoms with Crippen molar-refractivity contribution in [2.75, 3.05) is 32.4 Å². The minimum atomic E-state index is -0.0507. The van der Waals surface area contributed by atoms with Gasteiger partial charge in [0.15, 0.2) is 0 Å². The molecule has 0 spiro atoms. The summed E-state index contributed by atoms with van der Waals surface area (Å²) in [6.07, 6.45) is 0. The predicted octanol–water partition coefficient (Wildman–Crippen LogP) is 0.751. The summed E-state index contributed by atoms with van der Waals surface area (Å²) in [5, 5.41) is 9.54. The third-order valence-corrected chi connectivity index (χ3v) is 3.52. The van der Waals surface area contributed by atoms with Crippen LogP contribution in [0.1, 0.15) is 17.3 Å². The highest BCUT2D eigenvalue weighted by molar-refractivity contribution is 5.95. The molecule has 0 bridgehead atoms. The fourth-order valence-corrected chi connectivity index (χ4v) is 2.09. The summed E-state index contributed by atoms with van der Waals surface area (Å²) in [5.74, 6) is -0.0896. The molecule has 1 saturated heterocycles. The van der Waals surface area contributed by atoms with E-state index in [1.165, 1.54) is 6.07 Å². The van der Waals surface area contributed by atoms with E-state index in [0.29, 0.717) is 30.4 Å². The number of phenolic OH excluding ortho intramolecular Hbond substituents is 1. The van der Waals surface area contributed by atoms with E-state index in [1.807, 2.05) is 4.90 Å². The van der Waals surface area contributed by atoms with Crippen molar-refractivity contribution in [3.63, 3.8) is 0 Å². The van der Waals surface area contributed by atoms with Gasteiger partial charge in [0, 0.05) is 31.2 Å². The van der Waals surface area contributed by atoms with Gasteiger partial charge in [0.25, 0.3) is 5.91 Å². The Kier molecular flexibility index (Phi) is 3.43. The van der Waals surface area contributed by atoms with Crippen molar-refractivity contribution in [2.24, 2.45) is 0 Å². The summed E-state index contributed by atoms with van der Waals surface area (Å²) >= 11 is 0. The maximum Gasteiger partial charge on any atom is 0.254 e. The zero-order chi connectivity index (χ0) is 13.3. The molecule has 5 heteroatoms. The van der Waals surface area contributed by atoms with Crippen molar-refractivity contribution in [3.05, 3.63) is 23.8 Å². The smallest absolute Gasteiger partial charge is 0.254 e. The third-order valence-electron chi connectivity index (χ3n) is 3.52. The molecule has 0 saturated carbocycles. The van der Waals surface area contributed by atoms with Crippen LogP contribution in [0.15, 0.2) is 18.2 Å². The van der Waals surface area contributed by atoms with Crippen molar-refractivity contribution >= 4 is 11.6 Å². The Bertz CT molecular complexity index is 462. The van der Waals surface area contributed by atoms with E-state index in [0.717, 1.165) is 6.54 Å². The zero-order valence-electron chi connectivity index (χ0n) is 10.8. The first-order chi connectivity index (χ1) is 8.49. The number of nitrogens with two attached hydrogens (primary N) is 1. The summed E-state index contributed by atoms with van der Waals surface area (Å²) < 4.78 is 0. The lowest BCUT2D eigenvalue weighted by atomic mass is 10.1. The lowest BCUT2D eigenvalue weighted by Gasteiger charge is -2.37. The second-order valence-electron chi connectivity index (χ2n) is 4.85. The van der Waals surface area contributed by atoms with E-state index < -0.39 is 0 Å². The highest BCUT2D eigenvalue weighted by Gasteiger charge is 2.25. The molecule has 1 amide bonds. The van der Waals surface area contributed by atoms with Gasteiger partial charge < -0.3 is 20.6 Å². The standard InChI is InChI=1S/C13H19N3O2/c1-9-8-16(6-5-15(9)2)13(18)10-3-4-11(14)12(17)7-10/h3-4,7,9,17H,5-6,8,14H2,1-2H3. The van der Waals surface area contributed by atoms with E-state index in [2.05, 4.69) is 18.9 Å². The Morgan fingerprint density at radius 1 is 1.44 bits per heavy atom. The van der Waals surface area contributed by atoms with Crippen molar-refractivity contribution in [1.82, 2.24) is 9.80 Å². The van der Waals surface area contributed by atoms with Gasteiger partial charge in [-0.1, -0.05) is 0 Å². The molecular weight excluding hydrogens is 230 g/mol. The Morgan fingerprint density at radius 2 is 2.17 bits per heavy atom. The monoisotopic (exact) mass is 249 g/mol. The normalized spacial score (nSPS) is 21.0. The van der Waals surface area contributed by atoms with Gasteiger partial charge in [-0.3, -0.25) is 4.79 Å². The van der Waals surface area contributed by atoms with E-state index in [-0.39, 0.29) is 11.7 Å². The number of nitrogens with zero attached hydrogens (tertiary/aromatic N) is 2. The molecule has 3 N–H and O–H groups in total. The topological polar surface area (TPSA) is 69.8 Å². The first-order valence-electron chi connectivity index (χ1n) is 6.07. The maximum absolute atomic E-state index is 12.3. The molecule has 0 aromatic heterocycles. The molecule has 1 heterocycles. The number of hydrogen-bond donors (Lipinski definition) is 2. The summed E-state index contributed by atoms with van der Waals surface area (Å²) in [6.45, 7) is 4.39.